The van der Waals surface area contributed by atoms with Crippen LogP contribution < -0.4 is 11.1 Å². The molecular formula is C17H21ClN4O2. The molecule has 0 bridgehead atoms. The second kappa shape index (κ2) is 7.13. The summed E-state index contributed by atoms with van der Waals surface area (Å²) in [6, 6.07) is 5.07. The molecule has 0 aliphatic carbocycles. The van der Waals surface area contributed by atoms with Crippen LogP contribution in [0.4, 0.5) is 4.79 Å². The van der Waals surface area contributed by atoms with Gasteiger partial charge < -0.3 is 20.9 Å². The lowest BCUT2D eigenvalue weighted by Crippen LogP contribution is -2.50. The Bertz CT molecular complexity index is 758. The van der Waals surface area contributed by atoms with Crippen LogP contribution in [0, 0.1) is 0 Å². The van der Waals surface area contributed by atoms with Gasteiger partial charge in [0.05, 0.1) is 6.42 Å². The molecule has 1 aliphatic heterocycles. The van der Waals surface area contributed by atoms with Gasteiger partial charge in [0.1, 0.15) is 0 Å². The summed E-state index contributed by atoms with van der Waals surface area (Å²) in [6.45, 7) is 1.13. The molecule has 1 fully saturated rings. The molecule has 1 atom stereocenters. The highest BCUT2D eigenvalue weighted by molar-refractivity contribution is 6.31. The van der Waals surface area contributed by atoms with Crippen LogP contribution in [-0.4, -0.2) is 41.0 Å². The number of carbonyl (C=O) groups is 2. The first-order valence-corrected chi connectivity index (χ1v) is 8.50. The predicted octanol–water partition coefficient (Wildman–Crippen LogP) is 2.41. The number of likely N-dealkylation sites (tertiary alicyclic amines) is 1. The third-order valence-corrected chi connectivity index (χ3v) is 4.77. The molecule has 6 nitrogen and oxygen atoms in total. The molecule has 2 heterocycles. The number of piperidine rings is 1. The van der Waals surface area contributed by atoms with Gasteiger partial charge in [0.15, 0.2) is 0 Å². The number of aromatic nitrogens is 1. The summed E-state index contributed by atoms with van der Waals surface area (Å²) in [6.07, 6.45) is 5.12. The molecule has 2 aromatic rings. The van der Waals surface area contributed by atoms with Gasteiger partial charge in [-0.25, -0.2) is 4.79 Å². The van der Waals surface area contributed by atoms with Crippen molar-refractivity contribution in [1.29, 1.82) is 0 Å². The fourth-order valence-electron chi connectivity index (χ4n) is 3.33. The van der Waals surface area contributed by atoms with Gasteiger partial charge in [-0.3, -0.25) is 4.79 Å². The Kier molecular flexibility index (Phi) is 4.94. The second-order valence-corrected chi connectivity index (χ2v) is 6.60. The van der Waals surface area contributed by atoms with E-state index in [0.29, 0.717) is 18.0 Å². The Morgan fingerprint density at radius 2 is 2.21 bits per heavy atom. The van der Waals surface area contributed by atoms with E-state index >= 15 is 0 Å². The summed E-state index contributed by atoms with van der Waals surface area (Å²) in [5.74, 6) is 0.0711. The molecule has 1 unspecified atom stereocenters. The third-order valence-electron chi connectivity index (χ3n) is 4.53. The summed E-state index contributed by atoms with van der Waals surface area (Å²) >= 11 is 5.99. The Labute approximate surface area is 145 Å². The number of fused-ring (bicyclic) bond motifs is 1. The number of carbonyl (C=O) groups excluding carboxylic acids is 2. The number of benzene rings is 1. The maximum atomic E-state index is 12.8. The summed E-state index contributed by atoms with van der Waals surface area (Å²) < 4.78 is 0. The molecule has 0 radical (unpaired) electrons. The van der Waals surface area contributed by atoms with Crippen molar-refractivity contribution >= 4 is 34.4 Å². The number of halogens is 1. The molecule has 0 spiro atoms. The summed E-state index contributed by atoms with van der Waals surface area (Å²) in [4.78, 5) is 28.7. The first-order chi connectivity index (χ1) is 11.5. The first kappa shape index (κ1) is 16.6. The van der Waals surface area contributed by atoms with E-state index in [9.17, 15) is 9.59 Å². The van der Waals surface area contributed by atoms with E-state index in [0.717, 1.165) is 42.3 Å². The van der Waals surface area contributed by atoms with Crippen LogP contribution in [0.25, 0.3) is 10.9 Å². The van der Waals surface area contributed by atoms with Crippen LogP contribution in [-0.2, 0) is 11.2 Å². The lowest BCUT2D eigenvalue weighted by atomic mass is 10.0. The van der Waals surface area contributed by atoms with Gasteiger partial charge in [0, 0.05) is 41.3 Å². The molecule has 7 heteroatoms. The number of H-pyrrole nitrogens is 1. The molecule has 3 rings (SSSR count). The number of primary amides is 1. The first-order valence-electron chi connectivity index (χ1n) is 8.13. The number of nitrogens with zero attached hydrogens (tertiary/aromatic N) is 1. The fourth-order valence-corrected chi connectivity index (χ4v) is 3.50. The van der Waals surface area contributed by atoms with Crippen molar-refractivity contribution in [2.24, 2.45) is 5.73 Å². The van der Waals surface area contributed by atoms with E-state index in [4.69, 9.17) is 17.3 Å². The smallest absolute Gasteiger partial charge is 0.312 e. The molecule has 1 aliphatic rings. The van der Waals surface area contributed by atoms with Gasteiger partial charge in [0.2, 0.25) is 5.91 Å². The van der Waals surface area contributed by atoms with E-state index in [2.05, 4.69) is 10.3 Å². The summed E-state index contributed by atoms with van der Waals surface area (Å²) in [5.41, 5.74) is 7.03. The number of hydrogen-bond acceptors (Lipinski definition) is 2. The zero-order chi connectivity index (χ0) is 17.1. The van der Waals surface area contributed by atoms with Crippen molar-refractivity contribution in [2.45, 2.75) is 31.7 Å². The second-order valence-electron chi connectivity index (χ2n) is 6.16. The normalized spacial score (nSPS) is 17.9. The zero-order valence-electron chi connectivity index (χ0n) is 13.3. The van der Waals surface area contributed by atoms with Crippen molar-refractivity contribution < 1.29 is 9.59 Å². The van der Waals surface area contributed by atoms with Crippen LogP contribution in [0.2, 0.25) is 5.02 Å². The van der Waals surface area contributed by atoms with Crippen LogP contribution in [0.3, 0.4) is 0 Å². The molecule has 1 aromatic carbocycles. The average Bonchev–Trinajstić information content (AvgIpc) is 2.95. The van der Waals surface area contributed by atoms with Crippen molar-refractivity contribution in [1.82, 2.24) is 15.2 Å². The highest BCUT2D eigenvalue weighted by Gasteiger charge is 2.27. The van der Waals surface area contributed by atoms with Gasteiger partial charge in [-0.2, -0.15) is 0 Å². The minimum atomic E-state index is -0.554. The Morgan fingerprint density at radius 3 is 3.00 bits per heavy atom. The van der Waals surface area contributed by atoms with E-state index in [-0.39, 0.29) is 11.9 Å². The topological polar surface area (TPSA) is 91.2 Å². The van der Waals surface area contributed by atoms with Gasteiger partial charge >= 0.3 is 6.03 Å². The lowest BCUT2D eigenvalue weighted by Gasteiger charge is -2.35. The van der Waals surface area contributed by atoms with Gasteiger partial charge in [0.25, 0.3) is 0 Å². The van der Waals surface area contributed by atoms with Crippen molar-refractivity contribution in [3.63, 3.8) is 0 Å². The molecule has 1 aromatic heterocycles. The zero-order valence-corrected chi connectivity index (χ0v) is 14.1. The van der Waals surface area contributed by atoms with Gasteiger partial charge in [-0.1, -0.05) is 17.7 Å². The lowest BCUT2D eigenvalue weighted by molar-refractivity contribution is -0.134. The number of urea groups is 1. The van der Waals surface area contributed by atoms with Gasteiger partial charge in [-0.05, 0) is 37.0 Å². The maximum Gasteiger partial charge on any atom is 0.312 e. The van der Waals surface area contributed by atoms with Crippen LogP contribution >= 0.6 is 11.6 Å². The summed E-state index contributed by atoms with van der Waals surface area (Å²) in [7, 11) is 0. The number of nitrogens with two attached hydrogens (primary N) is 1. The van der Waals surface area contributed by atoms with Crippen molar-refractivity contribution in [3.05, 3.63) is 35.0 Å². The average molecular weight is 349 g/mol. The number of hydrogen-bond donors (Lipinski definition) is 3. The van der Waals surface area contributed by atoms with E-state index in [1.54, 1.807) is 0 Å². The molecular weight excluding hydrogens is 328 g/mol. The minimum Gasteiger partial charge on any atom is -0.361 e. The minimum absolute atomic E-state index is 0.0124. The Balaban J connectivity index is 1.73. The van der Waals surface area contributed by atoms with Crippen molar-refractivity contribution in [3.8, 4) is 0 Å². The standard InChI is InChI=1S/C17H21ClN4O2/c18-12-4-5-14-11(9-20-15(14)8-12)7-16(23)22-6-2-1-3-13(22)10-21-17(19)24/h4-5,8-9,13,20H,1-3,6-7,10H2,(H3,19,21,24). The molecule has 24 heavy (non-hydrogen) atoms. The Morgan fingerprint density at radius 1 is 1.38 bits per heavy atom. The van der Waals surface area contributed by atoms with Crippen molar-refractivity contribution in [2.75, 3.05) is 13.1 Å². The van der Waals surface area contributed by atoms with E-state index < -0.39 is 6.03 Å². The number of rotatable bonds is 4. The number of nitrogens with one attached hydrogen (secondary N) is 2. The van der Waals surface area contributed by atoms with E-state index in [1.165, 1.54) is 0 Å². The largest absolute Gasteiger partial charge is 0.361 e. The third kappa shape index (κ3) is 3.64. The monoisotopic (exact) mass is 348 g/mol. The van der Waals surface area contributed by atoms with Gasteiger partial charge in [-0.15, -0.1) is 0 Å². The molecule has 3 amide bonds. The molecule has 1 saturated heterocycles. The quantitative estimate of drug-likeness (QED) is 0.791. The highest BCUT2D eigenvalue weighted by atomic mass is 35.5. The number of amides is 3. The maximum absolute atomic E-state index is 12.8. The fraction of sp³-hybridized carbons (Fsp3) is 0.412. The van der Waals surface area contributed by atoms with Crippen LogP contribution in [0.5, 0.6) is 0 Å². The number of aromatic amines is 1. The summed E-state index contributed by atoms with van der Waals surface area (Å²) in [5, 5.41) is 4.29. The van der Waals surface area contributed by atoms with Crippen LogP contribution in [0.1, 0.15) is 24.8 Å². The Hall–Kier alpha value is -2.21. The molecule has 128 valence electrons. The SMILES string of the molecule is NC(=O)NCC1CCCCN1C(=O)Cc1c[nH]c2cc(Cl)ccc12. The van der Waals surface area contributed by atoms with E-state index in [1.807, 2.05) is 29.3 Å². The predicted molar refractivity (Wildman–Crippen MR) is 94.0 cm³/mol. The van der Waals surface area contributed by atoms with Crippen LogP contribution in [0.15, 0.2) is 24.4 Å². The molecule has 0 saturated carbocycles. The highest BCUT2D eigenvalue weighted by Crippen LogP contribution is 2.24. The molecule has 4 N–H and O–H groups in total.